The van der Waals surface area contributed by atoms with Gasteiger partial charge in [-0.25, -0.2) is 4.79 Å². The molecule has 6 heteroatoms. The predicted octanol–water partition coefficient (Wildman–Crippen LogP) is 4.31. The first-order valence-corrected chi connectivity index (χ1v) is 9.06. The van der Waals surface area contributed by atoms with Crippen molar-refractivity contribution in [3.05, 3.63) is 63.4 Å². The summed E-state index contributed by atoms with van der Waals surface area (Å²) >= 11 is 3.38. The number of ether oxygens (including phenoxy) is 2. The van der Waals surface area contributed by atoms with Crippen LogP contribution in [0.3, 0.4) is 0 Å². The lowest BCUT2D eigenvalue weighted by molar-refractivity contribution is -0.144. The summed E-state index contributed by atoms with van der Waals surface area (Å²) in [5, 5.41) is 0.433. The van der Waals surface area contributed by atoms with Crippen LogP contribution < -0.4 is 10.2 Å². The van der Waals surface area contributed by atoms with Crippen LogP contribution in [0, 0.1) is 0 Å². The van der Waals surface area contributed by atoms with Crippen molar-refractivity contribution in [2.24, 2.45) is 0 Å². The Morgan fingerprint density at radius 1 is 1.15 bits per heavy atom. The van der Waals surface area contributed by atoms with Gasteiger partial charge in [-0.3, -0.25) is 4.79 Å². The summed E-state index contributed by atoms with van der Waals surface area (Å²) in [5.41, 5.74) is 1.49. The Balaban J connectivity index is 1.65. The zero-order chi connectivity index (χ0) is 18.1. The summed E-state index contributed by atoms with van der Waals surface area (Å²) < 4.78 is 17.2. The van der Waals surface area contributed by atoms with E-state index in [0.29, 0.717) is 35.3 Å². The van der Waals surface area contributed by atoms with Gasteiger partial charge in [-0.15, -0.1) is 0 Å². The Labute approximate surface area is 157 Å². The molecule has 0 spiro atoms. The zero-order valence-electron chi connectivity index (χ0n) is 13.7. The fraction of sp³-hybridized carbons (Fsp3) is 0.200. The second kappa shape index (κ2) is 7.05. The molecule has 1 saturated heterocycles. The number of carbonyl (C=O) groups is 1. The number of halogens is 1. The average molecular weight is 415 g/mol. The molecule has 0 amide bonds. The molecule has 1 unspecified atom stereocenters. The average Bonchev–Trinajstić information content (AvgIpc) is 3.18. The van der Waals surface area contributed by atoms with E-state index < -0.39 is 12.1 Å². The number of benzene rings is 2. The standard InChI is InChI=1S/C20H15BrO5/c21-13-5-3-12(4-6-13)16-11-25-18-10-14(7-8-15(18)19(16)22)26-20(23)17-2-1-9-24-17/h3-8,10-11,17H,1-2,9H2. The maximum absolute atomic E-state index is 12.8. The lowest BCUT2D eigenvalue weighted by atomic mass is 10.1. The summed E-state index contributed by atoms with van der Waals surface area (Å²) in [4.78, 5) is 24.8. The van der Waals surface area contributed by atoms with Crippen molar-refractivity contribution in [1.82, 2.24) is 0 Å². The second-order valence-electron chi connectivity index (χ2n) is 6.07. The minimum Gasteiger partial charge on any atom is -0.463 e. The van der Waals surface area contributed by atoms with E-state index in [-0.39, 0.29) is 5.43 Å². The fourth-order valence-electron chi connectivity index (χ4n) is 2.95. The number of carbonyl (C=O) groups excluding carboxylic acids is 1. The molecule has 0 saturated carbocycles. The van der Waals surface area contributed by atoms with E-state index in [1.165, 1.54) is 6.26 Å². The number of rotatable bonds is 3. The SMILES string of the molecule is O=C(Oc1ccc2c(=O)c(-c3ccc(Br)cc3)coc2c1)C1CCCO1. The van der Waals surface area contributed by atoms with Gasteiger partial charge in [0.1, 0.15) is 17.6 Å². The molecule has 0 radical (unpaired) electrons. The summed E-state index contributed by atoms with van der Waals surface area (Å²) in [5.74, 6) is -0.0896. The van der Waals surface area contributed by atoms with Gasteiger partial charge < -0.3 is 13.9 Å². The third-order valence-electron chi connectivity index (χ3n) is 4.31. The first-order chi connectivity index (χ1) is 12.6. The molecule has 26 heavy (non-hydrogen) atoms. The van der Waals surface area contributed by atoms with Gasteiger partial charge in [-0.1, -0.05) is 28.1 Å². The molecule has 132 valence electrons. The van der Waals surface area contributed by atoms with E-state index in [9.17, 15) is 9.59 Å². The van der Waals surface area contributed by atoms with Crippen LogP contribution in [0.25, 0.3) is 22.1 Å². The maximum Gasteiger partial charge on any atom is 0.340 e. The lowest BCUT2D eigenvalue weighted by Gasteiger charge is -2.10. The van der Waals surface area contributed by atoms with Crippen LogP contribution in [0.1, 0.15) is 12.8 Å². The van der Waals surface area contributed by atoms with Gasteiger partial charge in [-0.2, -0.15) is 0 Å². The van der Waals surface area contributed by atoms with Crippen LogP contribution in [0.2, 0.25) is 0 Å². The Kier molecular flexibility index (Phi) is 4.61. The Morgan fingerprint density at radius 3 is 2.69 bits per heavy atom. The third kappa shape index (κ3) is 3.30. The van der Waals surface area contributed by atoms with Crippen LogP contribution >= 0.6 is 15.9 Å². The van der Waals surface area contributed by atoms with Gasteiger partial charge in [0.15, 0.2) is 11.5 Å². The number of hydrogen-bond donors (Lipinski definition) is 0. The van der Waals surface area contributed by atoms with Gasteiger partial charge in [0.25, 0.3) is 0 Å². The first kappa shape index (κ1) is 17.0. The highest BCUT2D eigenvalue weighted by Crippen LogP contribution is 2.25. The molecular formula is C20H15BrO5. The zero-order valence-corrected chi connectivity index (χ0v) is 15.3. The Bertz CT molecular complexity index is 1020. The number of hydrogen-bond acceptors (Lipinski definition) is 5. The van der Waals surface area contributed by atoms with Gasteiger partial charge in [0, 0.05) is 17.1 Å². The Morgan fingerprint density at radius 2 is 1.96 bits per heavy atom. The van der Waals surface area contributed by atoms with Crippen LogP contribution in [-0.4, -0.2) is 18.7 Å². The maximum atomic E-state index is 12.8. The second-order valence-corrected chi connectivity index (χ2v) is 6.98. The van der Waals surface area contributed by atoms with Gasteiger partial charge >= 0.3 is 5.97 Å². The van der Waals surface area contributed by atoms with E-state index in [4.69, 9.17) is 13.9 Å². The van der Waals surface area contributed by atoms with Crippen molar-refractivity contribution in [2.75, 3.05) is 6.61 Å². The van der Waals surface area contributed by atoms with Crippen LogP contribution in [0.5, 0.6) is 5.75 Å². The van der Waals surface area contributed by atoms with Gasteiger partial charge in [0.05, 0.1) is 10.9 Å². The van der Waals surface area contributed by atoms with E-state index in [1.807, 2.05) is 24.3 Å². The number of esters is 1. The van der Waals surface area contributed by atoms with Crippen molar-refractivity contribution < 1.29 is 18.7 Å². The predicted molar refractivity (Wildman–Crippen MR) is 100 cm³/mol. The van der Waals surface area contributed by atoms with Crippen LogP contribution in [-0.2, 0) is 9.53 Å². The summed E-state index contributed by atoms with van der Waals surface area (Å²) in [6.07, 6.45) is 2.43. The molecule has 1 aliphatic rings. The molecule has 0 N–H and O–H groups in total. The molecule has 1 aromatic heterocycles. The van der Waals surface area contributed by atoms with Crippen molar-refractivity contribution in [3.63, 3.8) is 0 Å². The largest absolute Gasteiger partial charge is 0.463 e. The molecule has 1 atom stereocenters. The fourth-order valence-corrected chi connectivity index (χ4v) is 3.21. The topological polar surface area (TPSA) is 65.7 Å². The van der Waals surface area contributed by atoms with Crippen molar-refractivity contribution in [2.45, 2.75) is 18.9 Å². The molecule has 5 nitrogen and oxygen atoms in total. The highest BCUT2D eigenvalue weighted by molar-refractivity contribution is 9.10. The smallest absolute Gasteiger partial charge is 0.340 e. The molecule has 0 bridgehead atoms. The molecule has 3 aromatic rings. The van der Waals surface area contributed by atoms with E-state index in [1.54, 1.807) is 18.2 Å². The van der Waals surface area contributed by atoms with E-state index in [0.717, 1.165) is 16.5 Å². The molecule has 2 heterocycles. The van der Waals surface area contributed by atoms with E-state index in [2.05, 4.69) is 15.9 Å². The van der Waals surface area contributed by atoms with Gasteiger partial charge in [-0.05, 0) is 42.7 Å². The molecule has 1 aliphatic heterocycles. The highest BCUT2D eigenvalue weighted by atomic mass is 79.9. The van der Waals surface area contributed by atoms with Gasteiger partial charge in [0.2, 0.25) is 0 Å². The molecule has 2 aromatic carbocycles. The van der Waals surface area contributed by atoms with Crippen LogP contribution in [0.4, 0.5) is 0 Å². The normalized spacial score (nSPS) is 16.7. The third-order valence-corrected chi connectivity index (χ3v) is 4.84. The molecule has 0 aliphatic carbocycles. The molecule has 4 rings (SSSR count). The summed E-state index contributed by atoms with van der Waals surface area (Å²) in [6, 6.07) is 12.2. The Hall–Kier alpha value is -2.44. The van der Waals surface area contributed by atoms with Crippen molar-refractivity contribution in [1.29, 1.82) is 0 Å². The monoisotopic (exact) mass is 414 g/mol. The first-order valence-electron chi connectivity index (χ1n) is 8.26. The highest BCUT2D eigenvalue weighted by Gasteiger charge is 2.25. The minimum absolute atomic E-state index is 0.134. The summed E-state index contributed by atoms with van der Waals surface area (Å²) in [7, 11) is 0. The lowest BCUT2D eigenvalue weighted by Crippen LogP contribution is -2.24. The van der Waals surface area contributed by atoms with Crippen LogP contribution in [0.15, 0.2) is 62.4 Å². The summed E-state index contributed by atoms with van der Waals surface area (Å²) in [6.45, 7) is 0.575. The minimum atomic E-state index is -0.516. The van der Waals surface area contributed by atoms with Crippen molar-refractivity contribution in [3.8, 4) is 16.9 Å². The molecular weight excluding hydrogens is 400 g/mol. The van der Waals surface area contributed by atoms with E-state index >= 15 is 0 Å². The molecule has 1 fully saturated rings. The van der Waals surface area contributed by atoms with Crippen molar-refractivity contribution >= 4 is 32.9 Å². The quantitative estimate of drug-likeness (QED) is 0.471. The number of fused-ring (bicyclic) bond motifs is 1.